The van der Waals surface area contributed by atoms with E-state index in [1.807, 2.05) is 47.1 Å². The van der Waals surface area contributed by atoms with Gasteiger partial charge >= 0.3 is 0 Å². The average Bonchev–Trinajstić information content (AvgIpc) is 3.21. The highest BCUT2D eigenvalue weighted by Gasteiger charge is 2.18. The van der Waals surface area contributed by atoms with Crippen LogP contribution < -0.4 is 14.9 Å². The highest BCUT2D eigenvalue weighted by Crippen LogP contribution is 2.33. The fourth-order valence-electron chi connectivity index (χ4n) is 4.01. The normalized spacial score (nSPS) is 17.3. The van der Waals surface area contributed by atoms with Crippen LogP contribution in [0, 0.1) is 0 Å². The predicted octanol–water partition coefficient (Wildman–Crippen LogP) is 5.32. The van der Waals surface area contributed by atoms with Gasteiger partial charge in [-0.25, -0.2) is 4.68 Å². The molecule has 2 heterocycles. The van der Waals surface area contributed by atoms with E-state index in [2.05, 4.69) is 10.7 Å². The fraction of sp³-hybridized carbons (Fsp3) is 0.292. The molecule has 164 valence electrons. The van der Waals surface area contributed by atoms with Crippen LogP contribution in [0.15, 0.2) is 57.9 Å². The van der Waals surface area contributed by atoms with E-state index in [1.54, 1.807) is 17.6 Å². The Balaban J connectivity index is 1.58. The molecule has 0 saturated heterocycles. The quantitative estimate of drug-likeness (QED) is 0.529. The molecule has 0 spiro atoms. The number of rotatable bonds is 4. The minimum atomic E-state index is -0.155. The number of nitrogens with zero attached hydrogens (tertiary/aromatic N) is 3. The number of thiazole rings is 1. The van der Waals surface area contributed by atoms with Gasteiger partial charge in [0.05, 0.1) is 23.6 Å². The Labute approximate surface area is 195 Å². The molecule has 1 N–H and O–H groups in total. The number of carbonyl (C=O) groups excluding carboxylic acids is 1. The van der Waals surface area contributed by atoms with Crippen molar-refractivity contribution in [2.75, 3.05) is 11.9 Å². The second kappa shape index (κ2) is 9.30. The molecule has 6 nitrogen and oxygen atoms in total. The maximum atomic E-state index is 11.8. The summed E-state index contributed by atoms with van der Waals surface area (Å²) in [5.74, 6) is 0.513. The SMILES string of the molecule is O=C1COc2ccc(-c3csc(=NC4CCCCC4)n3N=Cc3ccccc3Cl)cc2N1. The molecule has 1 aromatic heterocycles. The number of hydrogen-bond acceptors (Lipinski definition) is 5. The molecule has 32 heavy (non-hydrogen) atoms. The van der Waals surface area contributed by atoms with Crippen LogP contribution in [0.25, 0.3) is 11.3 Å². The number of fused-ring (bicyclic) bond motifs is 1. The van der Waals surface area contributed by atoms with Gasteiger partial charge in [0, 0.05) is 21.5 Å². The minimum Gasteiger partial charge on any atom is -0.482 e. The lowest BCUT2D eigenvalue weighted by Gasteiger charge is -2.18. The molecule has 0 bridgehead atoms. The zero-order valence-electron chi connectivity index (χ0n) is 17.5. The van der Waals surface area contributed by atoms with Gasteiger partial charge in [-0.05, 0) is 37.1 Å². The number of anilines is 1. The number of hydrogen-bond donors (Lipinski definition) is 1. The number of amides is 1. The summed E-state index contributed by atoms with van der Waals surface area (Å²) in [4.78, 5) is 17.7. The molecule has 1 aliphatic heterocycles. The zero-order valence-corrected chi connectivity index (χ0v) is 19.0. The third-order valence-electron chi connectivity index (χ3n) is 5.68. The van der Waals surface area contributed by atoms with E-state index < -0.39 is 0 Å². The number of ether oxygens (including phenoxy) is 1. The molecule has 5 rings (SSSR count). The van der Waals surface area contributed by atoms with Crippen molar-refractivity contribution in [2.24, 2.45) is 10.1 Å². The molecular formula is C24H23ClN4O2S. The summed E-state index contributed by atoms with van der Waals surface area (Å²) >= 11 is 7.91. The Morgan fingerprint density at radius 1 is 1.16 bits per heavy atom. The monoisotopic (exact) mass is 466 g/mol. The van der Waals surface area contributed by atoms with Gasteiger partial charge < -0.3 is 10.1 Å². The standard InChI is InChI=1S/C24H23ClN4O2S/c25-19-9-5-4-6-17(19)13-26-29-21(15-32-24(29)27-18-7-2-1-3-8-18)16-10-11-22-20(12-16)28-23(30)14-31-22/h4-6,9-13,15,18H,1-3,7-8,14H2,(H,28,30). The lowest BCUT2D eigenvalue weighted by Crippen LogP contribution is -2.25. The summed E-state index contributed by atoms with van der Waals surface area (Å²) < 4.78 is 7.37. The van der Waals surface area contributed by atoms with Crippen LogP contribution in [0.2, 0.25) is 5.02 Å². The second-order valence-electron chi connectivity index (χ2n) is 7.95. The lowest BCUT2D eigenvalue weighted by atomic mass is 9.96. The van der Waals surface area contributed by atoms with Gasteiger partial charge in [-0.3, -0.25) is 9.79 Å². The number of benzene rings is 2. The minimum absolute atomic E-state index is 0.0390. The van der Waals surface area contributed by atoms with Crippen molar-refractivity contribution in [1.82, 2.24) is 4.68 Å². The molecular weight excluding hydrogens is 444 g/mol. The summed E-state index contributed by atoms with van der Waals surface area (Å²) in [5.41, 5.74) is 3.33. The number of aromatic nitrogens is 1. The molecule has 2 aliphatic rings. The van der Waals surface area contributed by atoms with Gasteiger partial charge in [0.2, 0.25) is 4.80 Å². The Bertz CT molecular complexity index is 1240. The molecule has 0 radical (unpaired) electrons. The van der Waals surface area contributed by atoms with Gasteiger partial charge in [0.15, 0.2) is 6.61 Å². The van der Waals surface area contributed by atoms with Crippen LogP contribution in [0.4, 0.5) is 5.69 Å². The summed E-state index contributed by atoms with van der Waals surface area (Å²) in [6.07, 6.45) is 7.73. The summed E-state index contributed by atoms with van der Waals surface area (Å²) in [6, 6.07) is 13.7. The highest BCUT2D eigenvalue weighted by molar-refractivity contribution is 7.07. The van der Waals surface area contributed by atoms with E-state index in [-0.39, 0.29) is 12.5 Å². The Kier molecular flexibility index (Phi) is 6.10. The van der Waals surface area contributed by atoms with Crippen molar-refractivity contribution in [3.63, 3.8) is 0 Å². The van der Waals surface area contributed by atoms with Crippen LogP contribution in [-0.4, -0.2) is 29.4 Å². The van der Waals surface area contributed by atoms with Crippen LogP contribution in [0.5, 0.6) is 5.75 Å². The average molecular weight is 467 g/mol. The third kappa shape index (κ3) is 4.49. The van der Waals surface area contributed by atoms with Gasteiger partial charge in [0.25, 0.3) is 5.91 Å². The number of halogens is 1. The zero-order chi connectivity index (χ0) is 21.9. The fourth-order valence-corrected chi connectivity index (χ4v) is 5.10. The number of carbonyl (C=O) groups is 1. The lowest BCUT2D eigenvalue weighted by molar-refractivity contribution is -0.118. The van der Waals surface area contributed by atoms with Crippen LogP contribution in [-0.2, 0) is 4.79 Å². The summed E-state index contributed by atoms with van der Waals surface area (Å²) in [7, 11) is 0. The number of nitrogens with one attached hydrogen (secondary N) is 1. The highest BCUT2D eigenvalue weighted by atomic mass is 35.5. The van der Waals surface area contributed by atoms with Crippen molar-refractivity contribution in [3.8, 4) is 17.0 Å². The van der Waals surface area contributed by atoms with E-state index in [4.69, 9.17) is 26.4 Å². The third-order valence-corrected chi connectivity index (χ3v) is 6.85. The van der Waals surface area contributed by atoms with Gasteiger partial charge in [-0.1, -0.05) is 49.1 Å². The molecule has 1 fully saturated rings. The second-order valence-corrected chi connectivity index (χ2v) is 9.19. The molecule has 1 amide bonds. The Hall–Kier alpha value is -2.90. The smallest absolute Gasteiger partial charge is 0.262 e. The van der Waals surface area contributed by atoms with Crippen LogP contribution in [0.3, 0.4) is 0 Å². The molecule has 0 atom stereocenters. The molecule has 3 aromatic rings. The Morgan fingerprint density at radius 2 is 2.00 bits per heavy atom. The van der Waals surface area contributed by atoms with Crippen LogP contribution in [0.1, 0.15) is 37.7 Å². The van der Waals surface area contributed by atoms with Gasteiger partial charge in [0.1, 0.15) is 5.75 Å². The van der Waals surface area contributed by atoms with E-state index >= 15 is 0 Å². The molecule has 8 heteroatoms. The van der Waals surface area contributed by atoms with Crippen molar-refractivity contribution in [1.29, 1.82) is 0 Å². The van der Waals surface area contributed by atoms with Crippen LogP contribution >= 0.6 is 22.9 Å². The van der Waals surface area contributed by atoms with E-state index in [0.717, 1.165) is 34.5 Å². The van der Waals surface area contributed by atoms with Gasteiger partial charge in [-0.2, -0.15) is 5.10 Å². The molecule has 1 saturated carbocycles. The van der Waals surface area contributed by atoms with E-state index in [1.165, 1.54) is 19.3 Å². The first-order valence-corrected chi connectivity index (χ1v) is 12.0. The first kappa shape index (κ1) is 21.0. The first-order valence-electron chi connectivity index (χ1n) is 10.8. The summed E-state index contributed by atoms with van der Waals surface area (Å²) in [6.45, 7) is 0.0390. The van der Waals surface area contributed by atoms with E-state index in [9.17, 15) is 4.79 Å². The largest absolute Gasteiger partial charge is 0.482 e. The van der Waals surface area contributed by atoms with Crippen molar-refractivity contribution < 1.29 is 9.53 Å². The summed E-state index contributed by atoms with van der Waals surface area (Å²) in [5, 5.41) is 10.4. The van der Waals surface area contributed by atoms with E-state index in [0.29, 0.717) is 22.5 Å². The van der Waals surface area contributed by atoms with Gasteiger partial charge in [-0.15, -0.1) is 11.3 Å². The van der Waals surface area contributed by atoms with Crippen molar-refractivity contribution in [3.05, 3.63) is 63.2 Å². The van der Waals surface area contributed by atoms with Crippen molar-refractivity contribution in [2.45, 2.75) is 38.1 Å². The molecule has 0 unspecified atom stereocenters. The topological polar surface area (TPSA) is 68.0 Å². The molecule has 1 aliphatic carbocycles. The maximum absolute atomic E-state index is 11.8. The van der Waals surface area contributed by atoms with Crippen molar-refractivity contribution >= 4 is 40.7 Å². The first-order chi connectivity index (χ1) is 15.7. The maximum Gasteiger partial charge on any atom is 0.262 e. The Morgan fingerprint density at radius 3 is 2.84 bits per heavy atom. The molecule has 2 aromatic carbocycles. The predicted molar refractivity (Wildman–Crippen MR) is 129 cm³/mol.